The van der Waals surface area contributed by atoms with Crippen molar-refractivity contribution in [2.24, 2.45) is 0 Å². The van der Waals surface area contributed by atoms with Crippen molar-refractivity contribution in [1.82, 2.24) is 0 Å². The molecule has 1 atom stereocenters. The second-order valence-corrected chi connectivity index (χ2v) is 3.23. The number of nitrogens with one attached hydrogen (secondary N) is 1. The maximum atomic E-state index is 10.2. The van der Waals surface area contributed by atoms with Crippen LogP contribution in [0, 0.1) is 4.78 Å². The predicted octanol–water partition coefficient (Wildman–Crippen LogP) is 2.52. The zero-order valence-electron chi connectivity index (χ0n) is 4.75. The van der Waals surface area contributed by atoms with Gasteiger partial charge in [-0.25, -0.2) is 8.99 Å². The molecule has 1 aromatic rings. The van der Waals surface area contributed by atoms with Crippen molar-refractivity contribution >= 4 is 33.9 Å². The fraction of sp³-hybridized carbons (Fsp3) is 0. The van der Waals surface area contributed by atoms with E-state index in [2.05, 4.69) is 0 Å². The molecule has 1 aromatic heterocycles. The third-order valence-corrected chi connectivity index (χ3v) is 1.53. The highest BCUT2D eigenvalue weighted by Gasteiger charge is 1.77. The molecule has 1 heterocycles. The summed E-state index contributed by atoms with van der Waals surface area (Å²) in [6, 6.07) is 3.79. The van der Waals surface area contributed by atoms with Gasteiger partial charge in [-0.05, 0) is 17.5 Å². The Morgan fingerprint density at radius 2 is 2.30 bits per heavy atom. The van der Waals surface area contributed by atoms with Gasteiger partial charge in [0.1, 0.15) is 0 Å². The van der Waals surface area contributed by atoms with Crippen molar-refractivity contribution in [3.05, 3.63) is 21.8 Å². The molecule has 2 nitrogen and oxygen atoms in total. The maximum Gasteiger partial charge on any atom is 0.188 e. The first-order valence-corrected chi connectivity index (χ1v) is 4.57. The van der Waals surface area contributed by atoms with E-state index in [0.717, 1.165) is 4.34 Å². The third-order valence-electron chi connectivity index (χ3n) is 0.486. The monoisotopic (exact) mass is 201 g/mol. The first kappa shape index (κ1) is 9.87. The van der Waals surface area contributed by atoms with E-state index in [1.54, 1.807) is 11.3 Å². The Morgan fingerprint density at radius 1 is 1.80 bits per heavy atom. The molecule has 0 radical (unpaired) electrons. The highest BCUT2D eigenvalue weighted by molar-refractivity contribution is 7.67. The Kier molecular flexibility index (Phi) is 5.57. The van der Waals surface area contributed by atoms with Gasteiger partial charge in [-0.1, -0.05) is 11.6 Å². The van der Waals surface area contributed by atoms with Crippen molar-refractivity contribution in [2.45, 2.75) is 0 Å². The summed E-state index contributed by atoms with van der Waals surface area (Å²) in [4.78, 5) is 0. The Balaban J connectivity index is 0.000000180. The normalized spacial score (nSPS) is 11.4. The van der Waals surface area contributed by atoms with Crippen LogP contribution in [0.1, 0.15) is 0 Å². The fourth-order valence-electron chi connectivity index (χ4n) is 0.259. The first-order valence-electron chi connectivity index (χ1n) is 2.16. The molecular formula is C4H5ClFNOS2. The number of hydrogen-bond donors (Lipinski definition) is 2. The van der Waals surface area contributed by atoms with Crippen LogP contribution in [0.5, 0.6) is 0 Å². The van der Waals surface area contributed by atoms with Crippen LogP contribution < -0.4 is 0 Å². The molecule has 58 valence electrons. The van der Waals surface area contributed by atoms with E-state index >= 15 is 0 Å². The maximum absolute atomic E-state index is 10.2. The number of rotatable bonds is 0. The van der Waals surface area contributed by atoms with Gasteiger partial charge in [0.25, 0.3) is 0 Å². The lowest BCUT2D eigenvalue weighted by Gasteiger charge is -1.62. The van der Waals surface area contributed by atoms with Crippen molar-refractivity contribution in [1.29, 1.82) is 4.78 Å². The average molecular weight is 202 g/mol. The van der Waals surface area contributed by atoms with Crippen LogP contribution in [0.15, 0.2) is 17.5 Å². The minimum absolute atomic E-state index is 0.856. The van der Waals surface area contributed by atoms with Crippen LogP contribution in [0.3, 0.4) is 0 Å². The van der Waals surface area contributed by atoms with Crippen LogP contribution in [-0.2, 0) is 11.0 Å². The van der Waals surface area contributed by atoms with Gasteiger partial charge in [0, 0.05) is 0 Å². The summed E-state index contributed by atoms with van der Waals surface area (Å²) < 4.78 is 25.1. The molecule has 0 spiro atoms. The van der Waals surface area contributed by atoms with Crippen molar-refractivity contribution in [3.8, 4) is 0 Å². The van der Waals surface area contributed by atoms with E-state index in [9.17, 15) is 3.89 Å². The van der Waals surface area contributed by atoms with Gasteiger partial charge in [0.2, 0.25) is 0 Å². The molecule has 0 fully saturated rings. The lowest BCUT2D eigenvalue weighted by atomic mass is 10.7. The first-order chi connectivity index (χ1) is 4.63. The van der Waals surface area contributed by atoms with E-state index in [0.29, 0.717) is 0 Å². The summed E-state index contributed by atoms with van der Waals surface area (Å²) >= 11 is 7.02. The van der Waals surface area contributed by atoms with Gasteiger partial charge in [-0.2, -0.15) is 0 Å². The molecule has 10 heavy (non-hydrogen) atoms. The van der Waals surface area contributed by atoms with Gasteiger partial charge < -0.3 is 0 Å². The van der Waals surface area contributed by atoms with Gasteiger partial charge in [0.15, 0.2) is 11.0 Å². The standard InChI is InChI=1S/C4H3ClS.FH2NOS/c5-4-2-1-3-6-4;1-4(2)3/h1-3H;2,4H. The lowest BCUT2D eigenvalue weighted by Crippen LogP contribution is -1.38. The van der Waals surface area contributed by atoms with Gasteiger partial charge in [-0.15, -0.1) is 15.2 Å². The number of hydrogen-bond acceptors (Lipinski definition) is 3. The smallest absolute Gasteiger partial charge is 0.188 e. The number of halogens is 2. The SMILES string of the molecule is Clc1cccs1.N=[SH](=O)F. The molecular weight excluding hydrogens is 197 g/mol. The molecule has 1 rings (SSSR count). The molecule has 0 aliphatic carbocycles. The fourth-order valence-corrected chi connectivity index (χ4v) is 0.930. The van der Waals surface area contributed by atoms with Crippen LogP contribution in [0.2, 0.25) is 4.34 Å². The van der Waals surface area contributed by atoms with E-state index in [1.165, 1.54) is 0 Å². The topological polar surface area (TPSA) is 40.9 Å². The van der Waals surface area contributed by atoms with E-state index in [1.807, 2.05) is 17.5 Å². The molecule has 0 bridgehead atoms. The summed E-state index contributed by atoms with van der Waals surface area (Å²) in [5.74, 6) is 0. The molecule has 0 aliphatic heterocycles. The molecule has 6 heteroatoms. The average Bonchev–Trinajstić information content (AvgIpc) is 2.15. The quantitative estimate of drug-likeness (QED) is 0.492. The van der Waals surface area contributed by atoms with Crippen molar-refractivity contribution < 1.29 is 8.09 Å². The minimum atomic E-state index is -3.12. The summed E-state index contributed by atoms with van der Waals surface area (Å²) in [6.45, 7) is 0. The van der Waals surface area contributed by atoms with Gasteiger partial charge >= 0.3 is 0 Å². The Hall–Kier alpha value is -0.130. The number of thiophene rings is 1. The van der Waals surface area contributed by atoms with Gasteiger partial charge in [-0.3, -0.25) is 0 Å². The predicted molar refractivity (Wildman–Crippen MR) is 42.7 cm³/mol. The second kappa shape index (κ2) is 5.64. The van der Waals surface area contributed by atoms with Crippen LogP contribution >= 0.6 is 22.9 Å². The Labute approximate surface area is 68.9 Å². The lowest BCUT2D eigenvalue weighted by molar-refractivity contribution is 0.655. The Morgan fingerprint density at radius 3 is 2.40 bits per heavy atom. The molecule has 0 saturated heterocycles. The van der Waals surface area contributed by atoms with E-state index in [4.69, 9.17) is 20.6 Å². The van der Waals surface area contributed by atoms with Crippen LogP contribution in [-0.4, -0.2) is 4.21 Å². The molecule has 0 saturated carbocycles. The third kappa shape index (κ3) is 7.87. The molecule has 0 aliphatic rings. The van der Waals surface area contributed by atoms with Crippen LogP contribution in [0.4, 0.5) is 3.89 Å². The molecule has 1 N–H and O–H groups in total. The number of thiol groups is 1. The zero-order chi connectivity index (χ0) is 7.98. The summed E-state index contributed by atoms with van der Waals surface area (Å²) in [5.41, 5.74) is 0. The largest absolute Gasteiger partial charge is 0.229 e. The summed E-state index contributed by atoms with van der Waals surface area (Å²) in [7, 11) is -3.12. The van der Waals surface area contributed by atoms with E-state index in [-0.39, 0.29) is 0 Å². The van der Waals surface area contributed by atoms with Crippen LogP contribution in [0.25, 0.3) is 0 Å². The summed E-state index contributed by atoms with van der Waals surface area (Å²) in [5, 5.41) is 1.95. The van der Waals surface area contributed by atoms with Gasteiger partial charge in [0.05, 0.1) is 4.34 Å². The van der Waals surface area contributed by atoms with Crippen molar-refractivity contribution in [3.63, 3.8) is 0 Å². The Bertz CT molecular complexity index is 225. The van der Waals surface area contributed by atoms with Crippen molar-refractivity contribution in [2.75, 3.05) is 0 Å². The zero-order valence-corrected chi connectivity index (χ0v) is 7.22. The molecule has 0 aromatic carbocycles. The highest BCUT2D eigenvalue weighted by atomic mass is 35.5. The highest BCUT2D eigenvalue weighted by Crippen LogP contribution is 2.13. The van der Waals surface area contributed by atoms with E-state index < -0.39 is 11.0 Å². The summed E-state index contributed by atoms with van der Waals surface area (Å²) in [6.07, 6.45) is 0. The minimum Gasteiger partial charge on any atom is -0.229 e. The second-order valence-electron chi connectivity index (χ2n) is 1.16. The molecule has 1 unspecified atom stereocenters. The molecule has 0 amide bonds.